The zero-order valence-corrected chi connectivity index (χ0v) is 17.0. The van der Waals surface area contributed by atoms with Gasteiger partial charge in [-0.3, -0.25) is 9.59 Å². The van der Waals surface area contributed by atoms with Crippen LogP contribution in [0.4, 0.5) is 11.6 Å². The number of carbonyl (C=O) groups is 2. The Morgan fingerprint density at radius 1 is 1.00 bits per heavy atom. The van der Waals surface area contributed by atoms with Crippen LogP contribution in [0.2, 0.25) is 0 Å². The summed E-state index contributed by atoms with van der Waals surface area (Å²) in [4.78, 5) is 38.7. The van der Waals surface area contributed by atoms with E-state index in [-0.39, 0.29) is 11.8 Å². The lowest BCUT2D eigenvalue weighted by molar-refractivity contribution is -0.142. The smallest absolute Gasteiger partial charge is 0.240 e. The van der Waals surface area contributed by atoms with Crippen LogP contribution in [0.15, 0.2) is 42.7 Å². The van der Waals surface area contributed by atoms with Crippen molar-refractivity contribution in [3.05, 3.63) is 48.3 Å². The van der Waals surface area contributed by atoms with Crippen LogP contribution >= 0.6 is 0 Å². The molecule has 7 heteroatoms. The minimum absolute atomic E-state index is 0.0503. The second-order valence-electron chi connectivity index (χ2n) is 8.11. The van der Waals surface area contributed by atoms with Gasteiger partial charge in [0.1, 0.15) is 5.41 Å². The van der Waals surface area contributed by atoms with Gasteiger partial charge in [0.25, 0.3) is 0 Å². The second kappa shape index (κ2) is 7.81. The van der Waals surface area contributed by atoms with Crippen molar-refractivity contribution in [1.29, 1.82) is 0 Å². The van der Waals surface area contributed by atoms with Gasteiger partial charge in [0.15, 0.2) is 0 Å². The number of anilines is 2. The summed E-state index contributed by atoms with van der Waals surface area (Å²) >= 11 is 0. The monoisotopic (exact) mass is 393 g/mol. The molecule has 1 aliphatic carbocycles. The van der Waals surface area contributed by atoms with Crippen LogP contribution in [0.5, 0.6) is 0 Å². The molecule has 2 aromatic rings. The first-order chi connectivity index (χ1) is 14.0. The van der Waals surface area contributed by atoms with Gasteiger partial charge in [-0.25, -0.2) is 9.97 Å². The van der Waals surface area contributed by atoms with Gasteiger partial charge in [0, 0.05) is 44.3 Å². The number of benzene rings is 1. The normalized spacial score (nSPS) is 17.9. The molecule has 2 fully saturated rings. The van der Waals surface area contributed by atoms with Gasteiger partial charge >= 0.3 is 0 Å². The lowest BCUT2D eigenvalue weighted by Gasteiger charge is -2.36. The molecule has 152 valence electrons. The van der Waals surface area contributed by atoms with Crippen LogP contribution in [0, 0.1) is 5.41 Å². The highest BCUT2D eigenvalue weighted by Crippen LogP contribution is 2.48. The molecule has 0 radical (unpaired) electrons. The molecule has 1 aromatic heterocycles. The molecule has 29 heavy (non-hydrogen) atoms. The summed E-state index contributed by atoms with van der Waals surface area (Å²) in [6.07, 6.45) is 4.67. The summed E-state index contributed by atoms with van der Waals surface area (Å²) in [5.41, 5.74) is 0.980. The molecule has 0 unspecified atom stereocenters. The Morgan fingerprint density at radius 3 is 2.28 bits per heavy atom. The first-order valence-electron chi connectivity index (χ1n) is 10.2. The maximum atomic E-state index is 13.2. The Labute approximate surface area is 171 Å². The fourth-order valence-electron chi connectivity index (χ4n) is 3.89. The molecule has 7 nitrogen and oxygen atoms in total. The van der Waals surface area contributed by atoms with E-state index in [1.54, 1.807) is 18.5 Å². The molecular formula is C22H27N5O2. The SMILES string of the molecule is CC(C)c1ccccc1NC(=O)C1(C(=O)N2CCN(c3ncccn3)CC2)CC1. The minimum atomic E-state index is -0.907. The largest absolute Gasteiger partial charge is 0.338 e. The third-order valence-electron chi connectivity index (χ3n) is 5.83. The molecular weight excluding hydrogens is 366 g/mol. The Kier molecular flexibility index (Phi) is 5.22. The average Bonchev–Trinajstić information content (AvgIpc) is 3.56. The molecule has 1 aromatic carbocycles. The standard InChI is InChI=1S/C22H27N5O2/c1-16(2)17-6-3-4-7-18(17)25-19(28)22(8-9-22)20(29)26-12-14-27(15-13-26)21-23-10-5-11-24-21/h3-7,10-11,16H,8-9,12-15H2,1-2H3,(H,25,28). The van der Waals surface area contributed by atoms with Crippen LogP contribution in [0.1, 0.15) is 38.2 Å². The third-order valence-corrected chi connectivity index (χ3v) is 5.83. The Hall–Kier alpha value is -2.96. The van der Waals surface area contributed by atoms with Crippen molar-refractivity contribution in [1.82, 2.24) is 14.9 Å². The maximum Gasteiger partial charge on any atom is 0.240 e. The van der Waals surface area contributed by atoms with E-state index in [1.165, 1.54) is 0 Å². The first kappa shape index (κ1) is 19.4. The van der Waals surface area contributed by atoms with E-state index in [0.29, 0.717) is 50.9 Å². The molecule has 0 atom stereocenters. The van der Waals surface area contributed by atoms with Crippen LogP contribution in [-0.4, -0.2) is 52.9 Å². The van der Waals surface area contributed by atoms with Gasteiger partial charge in [-0.15, -0.1) is 0 Å². The number of piperazine rings is 1. The highest BCUT2D eigenvalue weighted by Gasteiger charge is 2.58. The fraction of sp³-hybridized carbons (Fsp3) is 0.455. The summed E-state index contributed by atoms with van der Waals surface area (Å²) in [7, 11) is 0. The van der Waals surface area contributed by atoms with Crippen LogP contribution < -0.4 is 10.2 Å². The molecule has 1 saturated carbocycles. The third kappa shape index (κ3) is 3.81. The number of hydrogen-bond acceptors (Lipinski definition) is 5. The maximum absolute atomic E-state index is 13.2. The number of amides is 2. The van der Waals surface area contributed by atoms with Crippen molar-refractivity contribution in [3.63, 3.8) is 0 Å². The fourth-order valence-corrected chi connectivity index (χ4v) is 3.89. The number of para-hydroxylation sites is 1. The highest BCUT2D eigenvalue weighted by molar-refractivity contribution is 6.13. The van der Waals surface area contributed by atoms with Crippen LogP contribution in [0.25, 0.3) is 0 Å². The second-order valence-corrected chi connectivity index (χ2v) is 8.11. The molecule has 2 aliphatic rings. The predicted octanol–water partition coefficient (Wildman–Crippen LogP) is 2.67. The van der Waals surface area contributed by atoms with Crippen LogP contribution in [0.3, 0.4) is 0 Å². The molecule has 0 bridgehead atoms. The quantitative estimate of drug-likeness (QED) is 0.790. The van der Waals surface area contributed by atoms with E-state index in [9.17, 15) is 9.59 Å². The van der Waals surface area contributed by atoms with E-state index in [4.69, 9.17) is 0 Å². The lowest BCUT2D eigenvalue weighted by atomic mass is 9.99. The zero-order chi connectivity index (χ0) is 20.4. The molecule has 4 rings (SSSR count). The molecule has 1 aliphatic heterocycles. The summed E-state index contributed by atoms with van der Waals surface area (Å²) in [5.74, 6) is 0.754. The zero-order valence-electron chi connectivity index (χ0n) is 17.0. The van der Waals surface area contributed by atoms with Crippen molar-refractivity contribution < 1.29 is 9.59 Å². The van der Waals surface area contributed by atoms with Gasteiger partial charge in [-0.2, -0.15) is 0 Å². The van der Waals surface area contributed by atoms with E-state index in [0.717, 1.165) is 11.3 Å². The van der Waals surface area contributed by atoms with Crippen molar-refractivity contribution >= 4 is 23.5 Å². The number of carbonyl (C=O) groups excluding carboxylic acids is 2. The van der Waals surface area contributed by atoms with E-state index < -0.39 is 5.41 Å². The Balaban J connectivity index is 1.41. The Morgan fingerprint density at radius 2 is 1.66 bits per heavy atom. The minimum Gasteiger partial charge on any atom is -0.338 e. The van der Waals surface area contributed by atoms with Crippen LogP contribution in [-0.2, 0) is 9.59 Å². The molecule has 2 amide bonds. The number of hydrogen-bond donors (Lipinski definition) is 1. The molecule has 2 heterocycles. The van der Waals surface area contributed by atoms with Crippen molar-refractivity contribution in [2.24, 2.45) is 5.41 Å². The predicted molar refractivity (Wildman–Crippen MR) is 112 cm³/mol. The van der Waals surface area contributed by atoms with E-state index in [2.05, 4.69) is 34.0 Å². The highest BCUT2D eigenvalue weighted by atomic mass is 16.2. The summed E-state index contributed by atoms with van der Waals surface area (Å²) in [6, 6.07) is 9.60. The summed E-state index contributed by atoms with van der Waals surface area (Å²) in [6.45, 7) is 6.69. The van der Waals surface area contributed by atoms with Gasteiger partial charge in [0.05, 0.1) is 0 Å². The number of nitrogens with one attached hydrogen (secondary N) is 1. The molecule has 1 saturated heterocycles. The van der Waals surface area contributed by atoms with Gasteiger partial charge < -0.3 is 15.1 Å². The van der Waals surface area contributed by atoms with Crippen molar-refractivity contribution in [2.45, 2.75) is 32.6 Å². The summed E-state index contributed by atoms with van der Waals surface area (Å²) < 4.78 is 0. The van der Waals surface area contributed by atoms with Gasteiger partial charge in [-0.1, -0.05) is 32.0 Å². The number of rotatable bonds is 5. The van der Waals surface area contributed by atoms with E-state index in [1.807, 2.05) is 29.2 Å². The van der Waals surface area contributed by atoms with Gasteiger partial charge in [-0.05, 0) is 36.5 Å². The van der Waals surface area contributed by atoms with Crippen molar-refractivity contribution in [3.8, 4) is 0 Å². The molecule has 0 spiro atoms. The number of aromatic nitrogens is 2. The number of nitrogens with zero attached hydrogens (tertiary/aromatic N) is 4. The topological polar surface area (TPSA) is 78.4 Å². The Bertz CT molecular complexity index is 887. The first-order valence-corrected chi connectivity index (χ1v) is 10.2. The van der Waals surface area contributed by atoms with Crippen molar-refractivity contribution in [2.75, 3.05) is 36.4 Å². The van der Waals surface area contributed by atoms with Gasteiger partial charge in [0.2, 0.25) is 17.8 Å². The van der Waals surface area contributed by atoms with E-state index >= 15 is 0 Å². The lowest BCUT2D eigenvalue weighted by Crippen LogP contribution is -2.53. The average molecular weight is 393 g/mol. The summed E-state index contributed by atoms with van der Waals surface area (Å²) in [5, 5.41) is 3.03. The molecule has 1 N–H and O–H groups in total.